The Morgan fingerprint density at radius 1 is 1.18 bits per heavy atom. The molecular formula is C28H40N6O5. The third-order valence-electron chi connectivity index (χ3n) is 7.25. The van der Waals surface area contributed by atoms with E-state index in [0.29, 0.717) is 56.7 Å². The van der Waals surface area contributed by atoms with Crippen molar-refractivity contribution < 1.29 is 23.6 Å². The number of likely N-dealkylation sites (tertiary alicyclic amines) is 1. The summed E-state index contributed by atoms with van der Waals surface area (Å²) in [4.78, 5) is 40.0. The Kier molecular flexibility index (Phi) is 7.80. The summed E-state index contributed by atoms with van der Waals surface area (Å²) in [6.45, 7) is 12.2. The van der Waals surface area contributed by atoms with Crippen LogP contribution in [-0.2, 0) is 9.47 Å². The van der Waals surface area contributed by atoms with E-state index in [1.54, 1.807) is 4.90 Å². The second-order valence-corrected chi connectivity index (χ2v) is 12.4. The number of ether oxygens (including phenoxy) is 2. The first-order chi connectivity index (χ1) is 18.6. The molecule has 11 heteroatoms. The van der Waals surface area contributed by atoms with Gasteiger partial charge in [0.2, 0.25) is 6.39 Å². The molecule has 5 rings (SSSR count). The zero-order valence-corrected chi connectivity index (χ0v) is 23.6. The van der Waals surface area contributed by atoms with Gasteiger partial charge in [-0.1, -0.05) is 19.0 Å². The van der Waals surface area contributed by atoms with E-state index >= 15 is 0 Å². The highest BCUT2D eigenvalue weighted by atomic mass is 16.6. The van der Waals surface area contributed by atoms with Crippen molar-refractivity contribution in [2.45, 2.75) is 83.4 Å². The summed E-state index contributed by atoms with van der Waals surface area (Å²) in [5.41, 5.74) is 1.67. The van der Waals surface area contributed by atoms with Gasteiger partial charge in [-0.05, 0) is 63.5 Å². The van der Waals surface area contributed by atoms with Gasteiger partial charge in [-0.15, -0.1) is 0 Å². The van der Waals surface area contributed by atoms with Crippen molar-refractivity contribution in [2.24, 2.45) is 5.92 Å². The van der Waals surface area contributed by atoms with E-state index in [4.69, 9.17) is 19.0 Å². The van der Waals surface area contributed by atoms with E-state index in [2.05, 4.69) is 35.4 Å². The summed E-state index contributed by atoms with van der Waals surface area (Å²) < 4.78 is 16.1. The minimum atomic E-state index is -0.641. The second-order valence-electron chi connectivity index (χ2n) is 12.4. The van der Waals surface area contributed by atoms with Gasteiger partial charge in [0.05, 0.1) is 31.0 Å². The molecular weight excluding hydrogens is 500 g/mol. The molecule has 2 saturated heterocycles. The van der Waals surface area contributed by atoms with Crippen molar-refractivity contribution in [3.63, 3.8) is 0 Å². The number of amides is 2. The van der Waals surface area contributed by atoms with Crippen molar-refractivity contribution in [1.29, 1.82) is 0 Å². The predicted octanol–water partition coefficient (Wildman–Crippen LogP) is 4.04. The molecule has 1 saturated carbocycles. The summed E-state index contributed by atoms with van der Waals surface area (Å²) in [6.07, 6.45) is 5.62. The van der Waals surface area contributed by atoms with Crippen molar-refractivity contribution in [1.82, 2.24) is 24.9 Å². The van der Waals surface area contributed by atoms with Crippen molar-refractivity contribution >= 4 is 17.7 Å². The van der Waals surface area contributed by atoms with Crippen LogP contribution in [0.5, 0.6) is 0 Å². The molecule has 0 bridgehead atoms. The Balaban J connectivity index is 1.45. The summed E-state index contributed by atoms with van der Waals surface area (Å²) in [5, 5.41) is 7.55. The number of piperidine rings is 1. The molecule has 39 heavy (non-hydrogen) atoms. The van der Waals surface area contributed by atoms with Crippen LogP contribution in [0.2, 0.25) is 0 Å². The molecule has 0 aromatic carbocycles. The maximum atomic E-state index is 14.3. The Labute approximate surface area is 229 Å². The molecule has 3 fully saturated rings. The summed E-state index contributed by atoms with van der Waals surface area (Å²) in [6, 6.07) is 1.96. The molecule has 2 aliphatic heterocycles. The largest absolute Gasteiger partial charge is 0.444 e. The first-order valence-corrected chi connectivity index (χ1v) is 14.0. The average molecular weight is 541 g/mol. The fourth-order valence-electron chi connectivity index (χ4n) is 5.19. The molecule has 212 valence electrons. The van der Waals surface area contributed by atoms with Gasteiger partial charge in [0.1, 0.15) is 5.60 Å². The summed E-state index contributed by atoms with van der Waals surface area (Å²) >= 11 is 0. The lowest BCUT2D eigenvalue weighted by Crippen LogP contribution is -2.55. The van der Waals surface area contributed by atoms with Crippen LogP contribution < -0.4 is 5.32 Å². The van der Waals surface area contributed by atoms with Crippen LogP contribution in [-0.4, -0.2) is 87.5 Å². The summed E-state index contributed by atoms with van der Waals surface area (Å²) in [5.74, 6) is 0.883. The highest BCUT2D eigenvalue weighted by Gasteiger charge is 2.40. The molecule has 3 aliphatic rings. The zero-order valence-electron chi connectivity index (χ0n) is 23.6. The zero-order chi connectivity index (χ0) is 27.7. The first-order valence-electron chi connectivity index (χ1n) is 14.0. The lowest BCUT2D eigenvalue weighted by atomic mass is 9.91. The molecule has 0 unspecified atom stereocenters. The number of hydrogen-bond acceptors (Lipinski definition) is 9. The van der Waals surface area contributed by atoms with E-state index in [9.17, 15) is 9.59 Å². The van der Waals surface area contributed by atoms with Gasteiger partial charge >= 0.3 is 6.09 Å². The number of pyridine rings is 1. The van der Waals surface area contributed by atoms with Crippen LogP contribution in [0, 0.1) is 5.92 Å². The third kappa shape index (κ3) is 6.69. The van der Waals surface area contributed by atoms with Crippen molar-refractivity contribution in [3.05, 3.63) is 35.7 Å². The Morgan fingerprint density at radius 3 is 2.54 bits per heavy atom. The van der Waals surface area contributed by atoms with Crippen LogP contribution in [0.1, 0.15) is 87.6 Å². The number of rotatable bonds is 8. The average Bonchev–Trinajstić information content (AvgIpc) is 3.56. The number of carbonyl (C=O) groups excluding carboxylic acids is 2. The van der Waals surface area contributed by atoms with Gasteiger partial charge in [0.25, 0.3) is 5.91 Å². The SMILES string of the molecule is CC(C)CN(C(=O)c1ncc(C2CC2)cc1NC1COC1)[C@H]1C[C@@H](c2ncon2)CN(C(=O)OC(C)(C)C)C1. The van der Waals surface area contributed by atoms with Gasteiger partial charge in [-0.3, -0.25) is 4.79 Å². The molecule has 2 aromatic heterocycles. The monoisotopic (exact) mass is 540 g/mol. The van der Waals surface area contributed by atoms with Gasteiger partial charge in [0.15, 0.2) is 11.5 Å². The predicted molar refractivity (Wildman–Crippen MR) is 144 cm³/mol. The molecule has 2 amide bonds. The minimum Gasteiger partial charge on any atom is -0.444 e. The van der Waals surface area contributed by atoms with E-state index < -0.39 is 11.7 Å². The smallest absolute Gasteiger partial charge is 0.410 e. The van der Waals surface area contributed by atoms with Crippen LogP contribution in [0.4, 0.5) is 10.5 Å². The van der Waals surface area contributed by atoms with E-state index in [-0.39, 0.29) is 29.8 Å². The molecule has 2 atom stereocenters. The van der Waals surface area contributed by atoms with Crippen LogP contribution >= 0.6 is 0 Å². The molecule has 0 radical (unpaired) electrons. The minimum absolute atomic E-state index is 0.156. The number of anilines is 1. The number of aromatic nitrogens is 3. The Bertz CT molecular complexity index is 1160. The second kappa shape index (κ2) is 11.1. The van der Waals surface area contributed by atoms with Crippen LogP contribution in [0.15, 0.2) is 23.2 Å². The normalized spacial score (nSPS) is 21.9. The number of hydrogen-bond donors (Lipinski definition) is 1. The van der Waals surface area contributed by atoms with Crippen LogP contribution in [0.25, 0.3) is 0 Å². The number of carbonyl (C=O) groups is 2. The van der Waals surface area contributed by atoms with Crippen LogP contribution in [0.3, 0.4) is 0 Å². The van der Waals surface area contributed by atoms with Gasteiger partial charge < -0.3 is 29.1 Å². The number of nitrogens with one attached hydrogen (secondary N) is 1. The molecule has 2 aromatic rings. The fraction of sp³-hybridized carbons (Fsp3) is 0.679. The van der Waals surface area contributed by atoms with Gasteiger partial charge in [0, 0.05) is 31.7 Å². The highest BCUT2D eigenvalue weighted by Crippen LogP contribution is 2.41. The van der Waals surface area contributed by atoms with Gasteiger partial charge in [-0.25, -0.2) is 9.78 Å². The Morgan fingerprint density at radius 2 is 1.95 bits per heavy atom. The quantitative estimate of drug-likeness (QED) is 0.528. The molecule has 11 nitrogen and oxygen atoms in total. The van der Waals surface area contributed by atoms with E-state index in [1.165, 1.54) is 6.39 Å². The lowest BCUT2D eigenvalue weighted by molar-refractivity contribution is 0.00585. The molecule has 1 N–H and O–H groups in total. The van der Waals surface area contributed by atoms with E-state index in [1.807, 2.05) is 31.9 Å². The maximum Gasteiger partial charge on any atom is 0.410 e. The molecule has 0 spiro atoms. The lowest BCUT2D eigenvalue weighted by Gasteiger charge is -2.42. The fourth-order valence-corrected chi connectivity index (χ4v) is 5.19. The maximum absolute atomic E-state index is 14.3. The van der Waals surface area contributed by atoms with Crippen molar-refractivity contribution in [2.75, 3.05) is 38.2 Å². The Hall–Kier alpha value is -3.21. The van der Waals surface area contributed by atoms with Gasteiger partial charge in [-0.2, -0.15) is 4.98 Å². The first kappa shape index (κ1) is 27.4. The summed E-state index contributed by atoms with van der Waals surface area (Å²) in [7, 11) is 0. The highest BCUT2D eigenvalue weighted by molar-refractivity contribution is 5.98. The third-order valence-corrected chi connectivity index (χ3v) is 7.25. The van der Waals surface area contributed by atoms with E-state index in [0.717, 1.165) is 24.1 Å². The standard InChI is InChI=1S/C28H40N6O5/c1-17(2)11-34(26(35)24-23(31-21-14-37-15-21)9-19(10-29-24)18-6-7-18)22-8-20(25-30-16-38-32-25)12-33(13-22)27(36)39-28(3,4)5/h9-10,16-18,20-22,31H,6-8,11-15H2,1-5H3/t20-,22+/m1/s1. The van der Waals surface area contributed by atoms with Crippen molar-refractivity contribution in [3.8, 4) is 0 Å². The molecule has 4 heterocycles. The molecule has 1 aliphatic carbocycles. The number of nitrogens with zero attached hydrogens (tertiary/aromatic N) is 5. The topological polar surface area (TPSA) is 123 Å².